The van der Waals surface area contributed by atoms with Crippen LogP contribution in [0.1, 0.15) is 29.4 Å². The Morgan fingerprint density at radius 1 is 1.20 bits per heavy atom. The minimum atomic E-state index is -0.488. The first-order valence-corrected chi connectivity index (χ1v) is 9.88. The zero-order chi connectivity index (χ0) is 21.8. The highest BCUT2D eigenvalue weighted by molar-refractivity contribution is 6.30. The largest absolute Gasteiger partial charge is 0.321 e. The highest BCUT2D eigenvalue weighted by Gasteiger charge is 2.15. The number of halogens is 2. The molecule has 0 radical (unpaired) electrons. The summed E-state index contributed by atoms with van der Waals surface area (Å²) in [6.07, 6.45) is 2.46. The molecule has 0 spiro atoms. The maximum Gasteiger partial charge on any atom is 0.266 e. The zero-order valence-corrected chi connectivity index (χ0v) is 17.7. The molecule has 2 aromatic carbocycles. The number of carbonyl (C=O) groups is 1. The molecule has 0 saturated carbocycles. The van der Waals surface area contributed by atoms with Gasteiger partial charge in [-0.15, -0.1) is 0 Å². The Kier molecular flexibility index (Phi) is 6.39. The molecule has 0 aliphatic rings. The molecule has 0 aliphatic heterocycles. The summed E-state index contributed by atoms with van der Waals surface area (Å²) in [5.74, 6) is -0.963. The molecule has 1 amide bonds. The Morgan fingerprint density at radius 3 is 2.50 bits per heavy atom. The maximum absolute atomic E-state index is 13.5. The van der Waals surface area contributed by atoms with Crippen molar-refractivity contribution in [1.82, 2.24) is 4.57 Å². The predicted octanol–water partition coefficient (Wildman–Crippen LogP) is 5.99. The summed E-state index contributed by atoms with van der Waals surface area (Å²) >= 11 is 5.92. The lowest BCUT2D eigenvalue weighted by Crippen LogP contribution is -2.13. The number of anilines is 1. The number of nitrogens with zero attached hydrogens (tertiary/aromatic N) is 2. The molecule has 0 aliphatic carbocycles. The molecule has 0 saturated heterocycles. The predicted molar refractivity (Wildman–Crippen MR) is 118 cm³/mol. The van der Waals surface area contributed by atoms with Gasteiger partial charge in [0.15, 0.2) is 0 Å². The van der Waals surface area contributed by atoms with Gasteiger partial charge >= 0.3 is 0 Å². The number of benzene rings is 2. The van der Waals surface area contributed by atoms with Gasteiger partial charge in [-0.05, 0) is 73.9 Å². The number of aromatic nitrogens is 1. The topological polar surface area (TPSA) is 57.8 Å². The monoisotopic (exact) mass is 421 g/mol. The Hall–Kier alpha value is -3.36. The molecule has 3 aromatic rings. The van der Waals surface area contributed by atoms with E-state index in [1.165, 1.54) is 6.07 Å². The van der Waals surface area contributed by atoms with Crippen molar-refractivity contribution in [2.24, 2.45) is 0 Å². The number of nitriles is 1. The fourth-order valence-electron chi connectivity index (χ4n) is 3.28. The van der Waals surface area contributed by atoms with E-state index in [1.54, 1.807) is 18.2 Å². The van der Waals surface area contributed by atoms with Crippen molar-refractivity contribution in [3.63, 3.8) is 0 Å². The van der Waals surface area contributed by atoms with Gasteiger partial charge in [-0.1, -0.05) is 30.7 Å². The van der Waals surface area contributed by atoms with E-state index >= 15 is 0 Å². The van der Waals surface area contributed by atoms with Crippen LogP contribution in [0.5, 0.6) is 0 Å². The van der Waals surface area contributed by atoms with E-state index < -0.39 is 11.7 Å². The van der Waals surface area contributed by atoms with Crippen LogP contribution in [0.3, 0.4) is 0 Å². The number of carbonyl (C=O) groups excluding carboxylic acids is 1. The van der Waals surface area contributed by atoms with Gasteiger partial charge in [-0.2, -0.15) is 5.26 Å². The van der Waals surface area contributed by atoms with E-state index in [2.05, 4.69) is 12.2 Å². The molecule has 1 heterocycles. The average Bonchev–Trinajstić information content (AvgIpc) is 3.01. The summed E-state index contributed by atoms with van der Waals surface area (Å²) in [5.41, 5.74) is 4.89. The first-order valence-electron chi connectivity index (χ1n) is 9.50. The van der Waals surface area contributed by atoms with Gasteiger partial charge in [0.2, 0.25) is 0 Å². The molecule has 1 N–H and O–H groups in total. The smallest absolute Gasteiger partial charge is 0.266 e. The molecule has 3 rings (SSSR count). The van der Waals surface area contributed by atoms with Crippen molar-refractivity contribution in [1.29, 1.82) is 5.26 Å². The lowest BCUT2D eigenvalue weighted by Gasteiger charge is -2.10. The van der Waals surface area contributed by atoms with Crippen LogP contribution in [0.25, 0.3) is 11.8 Å². The fraction of sp³-hybridized carbons (Fsp3) is 0.167. The molecule has 1 aromatic heterocycles. The minimum absolute atomic E-state index is 0.00745. The Bertz CT molecular complexity index is 1170. The number of rotatable bonds is 5. The molecule has 30 heavy (non-hydrogen) atoms. The van der Waals surface area contributed by atoms with Gasteiger partial charge in [-0.25, -0.2) is 4.39 Å². The van der Waals surface area contributed by atoms with E-state index in [1.807, 2.05) is 54.8 Å². The summed E-state index contributed by atoms with van der Waals surface area (Å²) in [6.45, 7) is 5.82. The lowest BCUT2D eigenvalue weighted by molar-refractivity contribution is -0.112. The first kappa shape index (κ1) is 21.4. The Balaban J connectivity index is 1.91. The highest BCUT2D eigenvalue weighted by atomic mass is 35.5. The average molecular weight is 422 g/mol. The van der Waals surface area contributed by atoms with Crippen LogP contribution in [0.2, 0.25) is 5.02 Å². The van der Waals surface area contributed by atoms with Crippen LogP contribution >= 0.6 is 11.6 Å². The molecule has 4 nitrogen and oxygen atoms in total. The van der Waals surface area contributed by atoms with Crippen LogP contribution in [-0.2, 0) is 11.2 Å². The third-order valence-corrected chi connectivity index (χ3v) is 5.21. The van der Waals surface area contributed by atoms with Crippen molar-refractivity contribution in [3.05, 3.63) is 87.5 Å². The quantitative estimate of drug-likeness (QED) is 0.406. The van der Waals surface area contributed by atoms with Gasteiger partial charge in [0.1, 0.15) is 17.5 Å². The maximum atomic E-state index is 13.5. The van der Waals surface area contributed by atoms with Crippen LogP contribution in [0, 0.1) is 31.0 Å². The summed E-state index contributed by atoms with van der Waals surface area (Å²) in [6, 6.07) is 15.8. The second kappa shape index (κ2) is 8.98. The first-order chi connectivity index (χ1) is 14.3. The Labute approximate surface area is 180 Å². The third kappa shape index (κ3) is 4.45. The second-order valence-electron chi connectivity index (χ2n) is 6.93. The number of aryl methyl sites for hydroxylation is 2. The van der Waals surface area contributed by atoms with Crippen LogP contribution in [-0.4, -0.2) is 10.5 Å². The number of nitrogens with one attached hydrogen (secondary N) is 1. The summed E-state index contributed by atoms with van der Waals surface area (Å²) < 4.78 is 15.4. The lowest BCUT2D eigenvalue weighted by atomic mass is 10.1. The summed E-state index contributed by atoms with van der Waals surface area (Å²) in [4.78, 5) is 12.6. The highest BCUT2D eigenvalue weighted by Crippen LogP contribution is 2.26. The molecule has 0 fully saturated rings. The fourth-order valence-corrected chi connectivity index (χ4v) is 3.46. The molecular formula is C24H21ClFN3O. The van der Waals surface area contributed by atoms with Crippen molar-refractivity contribution >= 4 is 29.3 Å². The van der Waals surface area contributed by atoms with Gasteiger partial charge in [0, 0.05) is 22.8 Å². The van der Waals surface area contributed by atoms with Gasteiger partial charge in [-0.3, -0.25) is 4.79 Å². The van der Waals surface area contributed by atoms with Crippen molar-refractivity contribution < 1.29 is 9.18 Å². The number of amides is 1. The van der Waals surface area contributed by atoms with Crippen LogP contribution in [0.15, 0.2) is 54.1 Å². The van der Waals surface area contributed by atoms with Gasteiger partial charge in [0.25, 0.3) is 5.91 Å². The standard InChI is InChI=1S/C24H21ClFN3O/c1-4-17-5-7-20(8-6-17)28-24(30)19(14-27)12-18-11-15(2)29(16(18)3)21-9-10-23(26)22(25)13-21/h5-13H,4H2,1-3H3,(H,28,30)/b19-12-. The zero-order valence-electron chi connectivity index (χ0n) is 17.0. The third-order valence-electron chi connectivity index (χ3n) is 4.92. The molecular weight excluding hydrogens is 401 g/mol. The SMILES string of the molecule is CCc1ccc(NC(=O)/C(C#N)=C\c2cc(C)n(-c3ccc(F)c(Cl)c3)c2C)cc1. The molecule has 0 bridgehead atoms. The van der Waals surface area contributed by atoms with Crippen molar-refractivity contribution in [3.8, 4) is 11.8 Å². The van der Waals surface area contributed by atoms with Gasteiger partial charge in [0.05, 0.1) is 5.02 Å². The normalized spacial score (nSPS) is 11.3. The Morgan fingerprint density at radius 2 is 1.90 bits per heavy atom. The summed E-state index contributed by atoms with van der Waals surface area (Å²) in [5, 5.41) is 12.3. The molecule has 152 valence electrons. The molecule has 6 heteroatoms. The van der Waals surface area contributed by atoms with E-state index in [-0.39, 0.29) is 10.6 Å². The van der Waals surface area contributed by atoms with E-state index in [0.29, 0.717) is 11.4 Å². The van der Waals surface area contributed by atoms with Crippen LogP contribution < -0.4 is 5.32 Å². The number of hydrogen-bond acceptors (Lipinski definition) is 2. The molecule has 0 unspecified atom stereocenters. The van der Waals surface area contributed by atoms with Crippen LogP contribution in [0.4, 0.5) is 10.1 Å². The van der Waals surface area contributed by atoms with Crippen molar-refractivity contribution in [2.75, 3.05) is 5.32 Å². The van der Waals surface area contributed by atoms with Gasteiger partial charge < -0.3 is 9.88 Å². The summed E-state index contributed by atoms with van der Waals surface area (Å²) in [7, 11) is 0. The van der Waals surface area contributed by atoms with E-state index in [4.69, 9.17) is 11.6 Å². The number of hydrogen-bond donors (Lipinski definition) is 1. The molecule has 0 atom stereocenters. The van der Waals surface area contributed by atoms with E-state index in [0.717, 1.165) is 28.9 Å². The minimum Gasteiger partial charge on any atom is -0.321 e. The second-order valence-corrected chi connectivity index (χ2v) is 7.34. The van der Waals surface area contributed by atoms with Crippen molar-refractivity contribution in [2.45, 2.75) is 27.2 Å². The van der Waals surface area contributed by atoms with E-state index in [9.17, 15) is 14.4 Å².